The van der Waals surface area contributed by atoms with Gasteiger partial charge in [0.25, 0.3) is 0 Å². The predicted octanol–water partition coefficient (Wildman–Crippen LogP) is 2.40. The van der Waals surface area contributed by atoms with Crippen LogP contribution < -0.4 is 0 Å². The molecule has 76 valence electrons. The topological polar surface area (TPSA) is 42.9 Å². The minimum atomic E-state index is 0.0891. The first-order valence-electron chi connectivity index (χ1n) is 4.91. The molecule has 0 atom stereocenters. The molecule has 0 saturated heterocycles. The van der Waals surface area contributed by atoms with Gasteiger partial charge in [-0.2, -0.15) is 0 Å². The lowest BCUT2D eigenvalue weighted by Gasteiger charge is -2.02. The Balaban J connectivity index is 2.57. The van der Waals surface area contributed by atoms with E-state index in [0.29, 0.717) is 18.0 Å². The van der Waals surface area contributed by atoms with Crippen molar-refractivity contribution < 1.29 is 4.79 Å². The molecule has 0 spiro atoms. The SMILES string of the molecule is Cc1cnc(C(=O)CCC(C)C)cn1. The molecule has 1 aromatic rings. The van der Waals surface area contributed by atoms with Crippen molar-refractivity contribution in [3.8, 4) is 0 Å². The number of Topliss-reactive ketones (excluding diaryl/α,β-unsaturated/α-hetero) is 1. The zero-order valence-electron chi connectivity index (χ0n) is 8.95. The molecule has 0 bridgehead atoms. The lowest BCUT2D eigenvalue weighted by atomic mass is 10.0. The summed E-state index contributed by atoms with van der Waals surface area (Å²) in [6.07, 6.45) is 4.66. The number of carbonyl (C=O) groups excluding carboxylic acids is 1. The molecule has 1 heterocycles. The first-order chi connectivity index (χ1) is 6.59. The van der Waals surface area contributed by atoms with Crippen molar-refractivity contribution in [1.82, 2.24) is 9.97 Å². The van der Waals surface area contributed by atoms with Crippen molar-refractivity contribution in [3.05, 3.63) is 23.8 Å². The van der Waals surface area contributed by atoms with E-state index in [1.807, 2.05) is 6.92 Å². The molecule has 0 unspecified atom stereocenters. The fourth-order valence-corrected chi connectivity index (χ4v) is 1.08. The maximum absolute atomic E-state index is 11.6. The van der Waals surface area contributed by atoms with Crippen LogP contribution in [0, 0.1) is 12.8 Å². The van der Waals surface area contributed by atoms with Crippen molar-refractivity contribution >= 4 is 5.78 Å². The Morgan fingerprint density at radius 2 is 2.07 bits per heavy atom. The lowest BCUT2D eigenvalue weighted by molar-refractivity contribution is 0.0970. The highest BCUT2D eigenvalue weighted by molar-refractivity contribution is 5.93. The highest BCUT2D eigenvalue weighted by Gasteiger charge is 2.08. The standard InChI is InChI=1S/C11H16N2O/c1-8(2)4-5-11(14)10-7-12-9(3)6-13-10/h6-8H,4-5H2,1-3H3. The van der Waals surface area contributed by atoms with Crippen molar-refractivity contribution in [2.45, 2.75) is 33.6 Å². The number of carbonyl (C=O) groups is 1. The monoisotopic (exact) mass is 192 g/mol. The van der Waals surface area contributed by atoms with E-state index in [4.69, 9.17) is 0 Å². The van der Waals surface area contributed by atoms with Gasteiger partial charge in [0.2, 0.25) is 0 Å². The van der Waals surface area contributed by atoms with Gasteiger partial charge in [-0.1, -0.05) is 13.8 Å². The summed E-state index contributed by atoms with van der Waals surface area (Å²) in [6, 6.07) is 0. The maximum atomic E-state index is 11.6. The van der Waals surface area contributed by atoms with E-state index in [2.05, 4.69) is 23.8 Å². The Hall–Kier alpha value is -1.25. The summed E-state index contributed by atoms with van der Waals surface area (Å²) in [4.78, 5) is 19.6. The van der Waals surface area contributed by atoms with Crippen LogP contribution in [-0.2, 0) is 0 Å². The van der Waals surface area contributed by atoms with Gasteiger partial charge in [0.05, 0.1) is 11.9 Å². The first-order valence-corrected chi connectivity index (χ1v) is 4.91. The second-order valence-electron chi connectivity index (χ2n) is 3.90. The number of ketones is 1. The summed E-state index contributed by atoms with van der Waals surface area (Å²) in [5.74, 6) is 0.642. The van der Waals surface area contributed by atoms with Gasteiger partial charge < -0.3 is 0 Å². The van der Waals surface area contributed by atoms with E-state index in [1.165, 1.54) is 0 Å². The van der Waals surface area contributed by atoms with Crippen molar-refractivity contribution in [2.75, 3.05) is 0 Å². The van der Waals surface area contributed by atoms with Crippen molar-refractivity contribution in [3.63, 3.8) is 0 Å². The summed E-state index contributed by atoms with van der Waals surface area (Å²) in [5, 5.41) is 0. The Morgan fingerprint density at radius 1 is 1.36 bits per heavy atom. The van der Waals surface area contributed by atoms with Crippen LogP contribution in [0.25, 0.3) is 0 Å². The van der Waals surface area contributed by atoms with Crippen LogP contribution in [0.2, 0.25) is 0 Å². The molecule has 0 saturated carbocycles. The first kappa shape index (κ1) is 10.8. The van der Waals surface area contributed by atoms with Crippen LogP contribution in [0.3, 0.4) is 0 Å². The third kappa shape index (κ3) is 3.24. The largest absolute Gasteiger partial charge is 0.292 e. The van der Waals surface area contributed by atoms with Crippen LogP contribution in [-0.4, -0.2) is 15.8 Å². The number of aryl methyl sites for hydroxylation is 1. The van der Waals surface area contributed by atoms with Crippen LogP contribution in [0.5, 0.6) is 0 Å². The quantitative estimate of drug-likeness (QED) is 0.688. The number of aromatic nitrogens is 2. The van der Waals surface area contributed by atoms with E-state index < -0.39 is 0 Å². The minimum Gasteiger partial charge on any atom is -0.292 e. The van der Waals surface area contributed by atoms with E-state index >= 15 is 0 Å². The second kappa shape index (κ2) is 4.84. The normalized spacial score (nSPS) is 10.6. The third-order valence-corrected chi connectivity index (χ3v) is 2.02. The van der Waals surface area contributed by atoms with Crippen LogP contribution in [0.1, 0.15) is 42.9 Å². The average Bonchev–Trinajstić information content (AvgIpc) is 2.15. The summed E-state index contributed by atoms with van der Waals surface area (Å²) in [7, 11) is 0. The molecule has 3 nitrogen and oxygen atoms in total. The minimum absolute atomic E-state index is 0.0891. The number of hydrogen-bond donors (Lipinski definition) is 0. The van der Waals surface area contributed by atoms with Gasteiger partial charge in [-0.3, -0.25) is 9.78 Å². The molecular formula is C11H16N2O. The third-order valence-electron chi connectivity index (χ3n) is 2.02. The summed E-state index contributed by atoms with van der Waals surface area (Å²) in [5.41, 5.74) is 1.32. The van der Waals surface area contributed by atoms with E-state index in [9.17, 15) is 4.79 Å². The molecule has 1 rings (SSSR count). The molecular weight excluding hydrogens is 176 g/mol. The molecule has 0 aliphatic rings. The number of hydrogen-bond acceptors (Lipinski definition) is 3. The molecule has 1 aromatic heterocycles. The summed E-state index contributed by atoms with van der Waals surface area (Å²) < 4.78 is 0. The molecule has 3 heteroatoms. The van der Waals surface area contributed by atoms with Gasteiger partial charge in [0, 0.05) is 12.6 Å². The van der Waals surface area contributed by atoms with Crippen LogP contribution in [0.15, 0.2) is 12.4 Å². The maximum Gasteiger partial charge on any atom is 0.182 e. The lowest BCUT2D eigenvalue weighted by Crippen LogP contribution is -2.04. The number of rotatable bonds is 4. The van der Waals surface area contributed by atoms with Gasteiger partial charge in [-0.05, 0) is 19.3 Å². The Labute approximate surface area is 84.6 Å². The molecule has 0 fully saturated rings. The highest BCUT2D eigenvalue weighted by atomic mass is 16.1. The molecule has 14 heavy (non-hydrogen) atoms. The fourth-order valence-electron chi connectivity index (χ4n) is 1.08. The van der Waals surface area contributed by atoms with Gasteiger partial charge in [-0.25, -0.2) is 4.98 Å². The van der Waals surface area contributed by atoms with Gasteiger partial charge >= 0.3 is 0 Å². The smallest absolute Gasteiger partial charge is 0.182 e. The molecule has 0 aliphatic carbocycles. The van der Waals surface area contributed by atoms with Crippen molar-refractivity contribution in [2.24, 2.45) is 5.92 Å². The van der Waals surface area contributed by atoms with Crippen molar-refractivity contribution in [1.29, 1.82) is 0 Å². The Bertz CT molecular complexity index is 304. The highest BCUT2D eigenvalue weighted by Crippen LogP contribution is 2.07. The average molecular weight is 192 g/mol. The Kier molecular flexibility index (Phi) is 3.74. The fraction of sp³-hybridized carbons (Fsp3) is 0.545. The van der Waals surface area contributed by atoms with Gasteiger partial charge in [0.15, 0.2) is 5.78 Å². The molecule has 0 aliphatic heterocycles. The summed E-state index contributed by atoms with van der Waals surface area (Å²) >= 11 is 0. The van der Waals surface area contributed by atoms with Crippen LogP contribution in [0.4, 0.5) is 0 Å². The zero-order valence-corrected chi connectivity index (χ0v) is 8.95. The number of nitrogens with zero attached hydrogens (tertiary/aromatic N) is 2. The van der Waals surface area contributed by atoms with E-state index in [1.54, 1.807) is 12.4 Å². The van der Waals surface area contributed by atoms with E-state index in [0.717, 1.165) is 12.1 Å². The zero-order chi connectivity index (χ0) is 10.6. The molecule has 0 N–H and O–H groups in total. The van der Waals surface area contributed by atoms with Gasteiger partial charge in [-0.15, -0.1) is 0 Å². The van der Waals surface area contributed by atoms with E-state index in [-0.39, 0.29) is 5.78 Å². The molecule has 0 amide bonds. The summed E-state index contributed by atoms with van der Waals surface area (Å²) in [6.45, 7) is 6.07. The molecule has 0 radical (unpaired) electrons. The van der Waals surface area contributed by atoms with Crippen LogP contribution >= 0.6 is 0 Å². The Morgan fingerprint density at radius 3 is 2.57 bits per heavy atom. The second-order valence-corrected chi connectivity index (χ2v) is 3.90. The van der Waals surface area contributed by atoms with Gasteiger partial charge in [0.1, 0.15) is 5.69 Å². The predicted molar refractivity (Wildman–Crippen MR) is 55.2 cm³/mol. The molecule has 0 aromatic carbocycles.